The quantitative estimate of drug-likeness (QED) is 0.423. The van der Waals surface area contributed by atoms with Gasteiger partial charge in [0.05, 0.1) is 17.9 Å². The monoisotopic (exact) mass is 302 g/mol. The molecule has 0 aliphatic carbocycles. The summed E-state index contributed by atoms with van der Waals surface area (Å²) in [6, 6.07) is 17.2. The van der Waals surface area contributed by atoms with E-state index in [1.165, 1.54) is 11.8 Å². The molecule has 0 spiro atoms. The first-order chi connectivity index (χ1) is 10.3. The lowest BCUT2D eigenvalue weighted by molar-refractivity contribution is 0.101. The Bertz CT molecular complexity index is 569. The first kappa shape index (κ1) is 15.6. The van der Waals surface area contributed by atoms with E-state index in [-0.39, 0.29) is 5.78 Å². The topological polar surface area (TPSA) is 35.5 Å². The maximum atomic E-state index is 12.3. The summed E-state index contributed by atoms with van der Waals surface area (Å²) >= 11 is 1.53. The molecule has 0 aliphatic rings. The maximum Gasteiger partial charge on any atom is 0.176 e. The second-order valence-corrected chi connectivity index (χ2v) is 5.41. The van der Waals surface area contributed by atoms with Crippen molar-refractivity contribution < 1.29 is 14.3 Å². The van der Waals surface area contributed by atoms with Crippen LogP contribution < -0.4 is 4.74 Å². The molecule has 0 aliphatic heterocycles. The van der Waals surface area contributed by atoms with E-state index in [2.05, 4.69) is 0 Å². The van der Waals surface area contributed by atoms with Crippen molar-refractivity contribution in [1.82, 2.24) is 0 Å². The number of ketones is 1. The number of ether oxygens (including phenoxy) is 2. The van der Waals surface area contributed by atoms with Gasteiger partial charge < -0.3 is 9.47 Å². The molecule has 0 bridgehead atoms. The average Bonchev–Trinajstić information content (AvgIpc) is 2.54. The van der Waals surface area contributed by atoms with E-state index in [9.17, 15) is 4.79 Å². The summed E-state index contributed by atoms with van der Waals surface area (Å²) in [7, 11) is 1.62. The fourth-order valence-electron chi connectivity index (χ4n) is 1.80. The summed E-state index contributed by atoms with van der Waals surface area (Å²) < 4.78 is 10.6. The van der Waals surface area contributed by atoms with Crippen LogP contribution in [0.4, 0.5) is 0 Å². The number of Topliss-reactive ketones (excluding diaryl/α,β-unsaturated/α-hetero) is 1. The van der Waals surface area contributed by atoms with Crippen LogP contribution in [-0.2, 0) is 4.74 Å². The SMILES string of the molecule is COCCOc1ccccc1C(=O)CSc1ccccc1. The van der Waals surface area contributed by atoms with Gasteiger partial charge in [0, 0.05) is 12.0 Å². The lowest BCUT2D eigenvalue weighted by Crippen LogP contribution is -2.09. The van der Waals surface area contributed by atoms with Crippen LogP contribution in [0, 0.1) is 0 Å². The van der Waals surface area contributed by atoms with E-state index in [4.69, 9.17) is 9.47 Å². The third kappa shape index (κ3) is 4.92. The molecule has 110 valence electrons. The van der Waals surface area contributed by atoms with E-state index in [0.717, 1.165) is 4.90 Å². The highest BCUT2D eigenvalue weighted by molar-refractivity contribution is 8.00. The lowest BCUT2D eigenvalue weighted by atomic mass is 10.1. The van der Waals surface area contributed by atoms with Gasteiger partial charge in [-0.05, 0) is 24.3 Å². The lowest BCUT2D eigenvalue weighted by Gasteiger charge is -2.10. The zero-order valence-electron chi connectivity index (χ0n) is 12.0. The molecule has 0 radical (unpaired) electrons. The smallest absolute Gasteiger partial charge is 0.176 e. The summed E-state index contributed by atoms with van der Waals surface area (Å²) in [4.78, 5) is 13.4. The van der Waals surface area contributed by atoms with Gasteiger partial charge in [-0.3, -0.25) is 4.79 Å². The third-order valence-corrected chi connectivity index (χ3v) is 3.86. The molecule has 21 heavy (non-hydrogen) atoms. The summed E-state index contributed by atoms with van der Waals surface area (Å²) in [6.45, 7) is 0.938. The molecule has 2 rings (SSSR count). The van der Waals surface area contributed by atoms with Crippen molar-refractivity contribution in [3.8, 4) is 5.75 Å². The van der Waals surface area contributed by atoms with Crippen LogP contribution in [0.25, 0.3) is 0 Å². The van der Waals surface area contributed by atoms with Gasteiger partial charge in [0.1, 0.15) is 12.4 Å². The van der Waals surface area contributed by atoms with Crippen molar-refractivity contribution in [3.05, 3.63) is 60.2 Å². The second kappa shape index (κ2) is 8.49. The van der Waals surface area contributed by atoms with Crippen molar-refractivity contribution in [3.63, 3.8) is 0 Å². The minimum absolute atomic E-state index is 0.0665. The van der Waals surface area contributed by atoms with Gasteiger partial charge in [-0.25, -0.2) is 0 Å². The summed E-state index contributed by atoms with van der Waals surface area (Å²) in [5, 5.41) is 0. The van der Waals surface area contributed by atoms with Gasteiger partial charge in [-0.1, -0.05) is 30.3 Å². The van der Waals surface area contributed by atoms with Crippen molar-refractivity contribution in [2.75, 3.05) is 26.1 Å². The van der Waals surface area contributed by atoms with Crippen LogP contribution in [0.5, 0.6) is 5.75 Å². The predicted octanol–water partition coefficient (Wildman–Crippen LogP) is 3.69. The number of thioether (sulfide) groups is 1. The molecule has 3 nitrogen and oxygen atoms in total. The summed E-state index contributed by atoms with van der Waals surface area (Å²) in [5.74, 6) is 1.08. The molecule has 0 saturated heterocycles. The number of methoxy groups -OCH3 is 1. The number of para-hydroxylation sites is 1. The zero-order valence-corrected chi connectivity index (χ0v) is 12.8. The van der Waals surface area contributed by atoms with E-state index < -0.39 is 0 Å². The Kier molecular flexibility index (Phi) is 6.31. The molecule has 0 atom stereocenters. The number of carbonyl (C=O) groups is 1. The van der Waals surface area contributed by atoms with Gasteiger partial charge in [0.15, 0.2) is 5.78 Å². The van der Waals surface area contributed by atoms with E-state index >= 15 is 0 Å². The molecular formula is C17H18O3S. The van der Waals surface area contributed by atoms with Gasteiger partial charge in [-0.15, -0.1) is 11.8 Å². The Hall–Kier alpha value is -1.78. The Morgan fingerprint density at radius 2 is 1.71 bits per heavy atom. The van der Waals surface area contributed by atoms with E-state index in [0.29, 0.717) is 30.3 Å². The van der Waals surface area contributed by atoms with Gasteiger partial charge in [-0.2, -0.15) is 0 Å². The average molecular weight is 302 g/mol. The Labute approximate surface area is 129 Å². The van der Waals surface area contributed by atoms with Crippen molar-refractivity contribution >= 4 is 17.5 Å². The highest BCUT2D eigenvalue weighted by Gasteiger charge is 2.12. The van der Waals surface area contributed by atoms with Gasteiger partial charge in [0.2, 0.25) is 0 Å². The van der Waals surface area contributed by atoms with Gasteiger partial charge in [0.25, 0.3) is 0 Å². The summed E-state index contributed by atoms with van der Waals surface area (Å²) in [5.41, 5.74) is 0.622. The second-order valence-electron chi connectivity index (χ2n) is 4.36. The fourth-order valence-corrected chi connectivity index (χ4v) is 2.60. The molecule has 0 heterocycles. The Morgan fingerprint density at radius 1 is 1.00 bits per heavy atom. The van der Waals surface area contributed by atoms with E-state index in [1.54, 1.807) is 13.2 Å². The third-order valence-electron chi connectivity index (χ3n) is 2.85. The standard InChI is InChI=1S/C17H18O3S/c1-19-11-12-20-17-10-6-5-9-15(17)16(18)13-21-14-7-3-2-4-8-14/h2-10H,11-13H2,1H3. The molecule has 0 N–H and O–H groups in total. The van der Waals surface area contributed by atoms with Crippen LogP contribution in [0.2, 0.25) is 0 Å². The Balaban J connectivity index is 1.98. The predicted molar refractivity (Wildman–Crippen MR) is 85.3 cm³/mol. The minimum atomic E-state index is 0.0665. The van der Waals surface area contributed by atoms with Crippen LogP contribution in [0.15, 0.2) is 59.5 Å². The molecule has 0 saturated carbocycles. The van der Waals surface area contributed by atoms with Gasteiger partial charge >= 0.3 is 0 Å². The first-order valence-electron chi connectivity index (χ1n) is 6.73. The molecule has 4 heteroatoms. The van der Waals surface area contributed by atoms with Crippen molar-refractivity contribution in [1.29, 1.82) is 0 Å². The Morgan fingerprint density at radius 3 is 2.48 bits per heavy atom. The molecule has 0 unspecified atom stereocenters. The van der Waals surface area contributed by atoms with Crippen LogP contribution >= 0.6 is 11.8 Å². The largest absolute Gasteiger partial charge is 0.490 e. The number of rotatable bonds is 8. The first-order valence-corrected chi connectivity index (χ1v) is 7.71. The molecule has 2 aromatic carbocycles. The number of hydrogen-bond donors (Lipinski definition) is 0. The molecule has 0 aromatic heterocycles. The molecule has 0 amide bonds. The maximum absolute atomic E-state index is 12.3. The highest BCUT2D eigenvalue weighted by atomic mass is 32.2. The highest BCUT2D eigenvalue weighted by Crippen LogP contribution is 2.23. The fraction of sp³-hybridized carbons (Fsp3) is 0.235. The van der Waals surface area contributed by atoms with Crippen molar-refractivity contribution in [2.24, 2.45) is 0 Å². The number of hydrogen-bond acceptors (Lipinski definition) is 4. The van der Waals surface area contributed by atoms with Crippen LogP contribution in [-0.4, -0.2) is 31.9 Å². The molecule has 2 aromatic rings. The normalized spacial score (nSPS) is 10.3. The molecular weight excluding hydrogens is 284 g/mol. The number of carbonyl (C=O) groups excluding carboxylic acids is 1. The van der Waals surface area contributed by atoms with Crippen molar-refractivity contribution in [2.45, 2.75) is 4.90 Å². The minimum Gasteiger partial charge on any atom is -0.490 e. The zero-order chi connectivity index (χ0) is 14.9. The van der Waals surface area contributed by atoms with E-state index in [1.807, 2.05) is 48.5 Å². The molecule has 0 fully saturated rings. The number of benzene rings is 2. The van der Waals surface area contributed by atoms with Crippen LogP contribution in [0.3, 0.4) is 0 Å². The summed E-state index contributed by atoms with van der Waals surface area (Å²) in [6.07, 6.45) is 0. The van der Waals surface area contributed by atoms with Crippen LogP contribution in [0.1, 0.15) is 10.4 Å².